The number of anilines is 1. The summed E-state index contributed by atoms with van der Waals surface area (Å²) in [5, 5.41) is 7.64. The van der Waals surface area contributed by atoms with Gasteiger partial charge >= 0.3 is 0 Å². The Kier molecular flexibility index (Phi) is 4.59. The van der Waals surface area contributed by atoms with Crippen LogP contribution in [0.3, 0.4) is 0 Å². The number of carbonyl (C=O) groups is 1. The third kappa shape index (κ3) is 3.48. The van der Waals surface area contributed by atoms with Gasteiger partial charge < -0.3 is 21.1 Å². The quantitative estimate of drug-likeness (QED) is 0.551. The first-order chi connectivity index (χ1) is 14.5. The summed E-state index contributed by atoms with van der Waals surface area (Å²) >= 11 is 0. The average molecular weight is 402 g/mol. The number of hydrogen-bond acceptors (Lipinski definition) is 5. The maximum absolute atomic E-state index is 13.2. The summed E-state index contributed by atoms with van der Waals surface area (Å²) in [5.74, 6) is 0.639. The van der Waals surface area contributed by atoms with Gasteiger partial charge in [0.05, 0.1) is 11.1 Å². The van der Waals surface area contributed by atoms with Crippen molar-refractivity contribution in [2.45, 2.75) is 37.8 Å². The van der Waals surface area contributed by atoms with Crippen LogP contribution in [-0.2, 0) is 5.54 Å². The van der Waals surface area contributed by atoms with Gasteiger partial charge in [0.15, 0.2) is 0 Å². The van der Waals surface area contributed by atoms with Gasteiger partial charge in [-0.2, -0.15) is 0 Å². The minimum absolute atomic E-state index is 0.0864. The molecule has 1 unspecified atom stereocenters. The summed E-state index contributed by atoms with van der Waals surface area (Å²) in [5.41, 5.74) is 9.86. The Morgan fingerprint density at radius 1 is 1.30 bits per heavy atom. The Labute approximate surface area is 175 Å². The molecule has 30 heavy (non-hydrogen) atoms. The number of ether oxygens (including phenoxy) is 1. The molecule has 2 aromatic carbocycles. The molecule has 1 atom stereocenters. The maximum atomic E-state index is 13.2. The monoisotopic (exact) mass is 402 g/mol. The van der Waals surface area contributed by atoms with E-state index in [1.807, 2.05) is 49.4 Å². The van der Waals surface area contributed by atoms with Crippen LogP contribution >= 0.6 is 0 Å². The van der Waals surface area contributed by atoms with Crippen LogP contribution in [-0.4, -0.2) is 30.1 Å². The van der Waals surface area contributed by atoms with Crippen LogP contribution in [0.2, 0.25) is 0 Å². The molecule has 154 valence electrons. The molecule has 1 aliphatic carbocycles. The molecule has 1 aromatic heterocycles. The van der Waals surface area contributed by atoms with Crippen LogP contribution in [0.25, 0.3) is 10.9 Å². The maximum Gasteiger partial charge on any atom is 0.252 e. The van der Waals surface area contributed by atoms with Gasteiger partial charge in [0.2, 0.25) is 0 Å². The van der Waals surface area contributed by atoms with E-state index in [1.54, 1.807) is 6.20 Å². The number of carbonyl (C=O) groups excluding carboxylic acids is 1. The van der Waals surface area contributed by atoms with Crippen LogP contribution in [0.15, 0.2) is 48.7 Å². The molecule has 6 nitrogen and oxygen atoms in total. The molecule has 1 amide bonds. The number of pyridine rings is 1. The average Bonchev–Trinajstić information content (AvgIpc) is 3.47. The van der Waals surface area contributed by atoms with Crippen molar-refractivity contribution < 1.29 is 9.53 Å². The van der Waals surface area contributed by atoms with Crippen molar-refractivity contribution >= 4 is 22.5 Å². The number of fused-ring (bicyclic) bond motifs is 1. The smallest absolute Gasteiger partial charge is 0.252 e. The van der Waals surface area contributed by atoms with Gasteiger partial charge in [0, 0.05) is 28.9 Å². The van der Waals surface area contributed by atoms with Crippen LogP contribution in [0.4, 0.5) is 5.69 Å². The highest BCUT2D eigenvalue weighted by molar-refractivity contribution is 5.97. The second-order valence-corrected chi connectivity index (χ2v) is 8.40. The fourth-order valence-corrected chi connectivity index (χ4v) is 4.09. The lowest BCUT2D eigenvalue weighted by Crippen LogP contribution is -2.46. The highest BCUT2D eigenvalue weighted by Crippen LogP contribution is 2.48. The highest BCUT2D eigenvalue weighted by Gasteiger charge is 2.47. The number of benzene rings is 2. The summed E-state index contributed by atoms with van der Waals surface area (Å²) in [7, 11) is 0. The van der Waals surface area contributed by atoms with Crippen molar-refractivity contribution in [3.05, 3.63) is 65.4 Å². The molecule has 2 heterocycles. The Hall–Kier alpha value is -3.12. The number of nitrogens with one attached hydrogen (secondary N) is 2. The molecular formula is C24H26N4O2. The fourth-order valence-electron chi connectivity index (χ4n) is 4.09. The van der Waals surface area contributed by atoms with Crippen molar-refractivity contribution in [2.75, 3.05) is 18.9 Å². The minimum atomic E-state index is -0.396. The molecule has 1 saturated carbocycles. The summed E-state index contributed by atoms with van der Waals surface area (Å²) < 4.78 is 5.89. The summed E-state index contributed by atoms with van der Waals surface area (Å²) in [6, 6.07) is 13.9. The van der Waals surface area contributed by atoms with Crippen LogP contribution in [0.1, 0.15) is 40.7 Å². The molecule has 6 heteroatoms. The molecule has 2 fully saturated rings. The molecule has 2 aliphatic rings. The minimum Gasteiger partial charge on any atom is -0.492 e. The van der Waals surface area contributed by atoms with Crippen molar-refractivity contribution in [3.8, 4) is 5.75 Å². The molecule has 1 aliphatic heterocycles. The summed E-state index contributed by atoms with van der Waals surface area (Å²) in [6.45, 7) is 3.62. The van der Waals surface area contributed by atoms with Crippen molar-refractivity contribution in [1.29, 1.82) is 0 Å². The molecule has 0 radical (unpaired) electrons. The van der Waals surface area contributed by atoms with E-state index in [9.17, 15) is 4.79 Å². The second kappa shape index (κ2) is 7.29. The zero-order valence-corrected chi connectivity index (χ0v) is 17.1. The van der Waals surface area contributed by atoms with E-state index >= 15 is 0 Å². The number of nitrogen functional groups attached to an aromatic ring is 1. The van der Waals surface area contributed by atoms with E-state index in [2.05, 4.69) is 15.6 Å². The fraction of sp³-hybridized carbons (Fsp3) is 0.333. The molecule has 3 aromatic rings. The van der Waals surface area contributed by atoms with E-state index in [0.29, 0.717) is 23.9 Å². The normalized spacial score (nSPS) is 19.2. The lowest BCUT2D eigenvalue weighted by molar-refractivity contribution is 0.0930. The van der Waals surface area contributed by atoms with Gasteiger partial charge in [-0.25, -0.2) is 0 Å². The van der Waals surface area contributed by atoms with E-state index < -0.39 is 5.54 Å². The van der Waals surface area contributed by atoms with Crippen LogP contribution < -0.4 is 21.1 Å². The number of rotatable bonds is 6. The number of hydrogen-bond donors (Lipinski definition) is 3. The SMILES string of the molecule is Cc1ccc(OCC2CCN2)cc1C(=O)NC1(c2cc(N)cc3ncccc23)CC1. The van der Waals surface area contributed by atoms with E-state index in [0.717, 1.165) is 53.6 Å². The number of nitrogens with two attached hydrogens (primary N) is 1. The number of aryl methyl sites for hydroxylation is 1. The summed E-state index contributed by atoms with van der Waals surface area (Å²) in [4.78, 5) is 17.7. The Balaban J connectivity index is 1.40. The lowest BCUT2D eigenvalue weighted by atomic mass is 9.97. The largest absolute Gasteiger partial charge is 0.492 e. The van der Waals surface area contributed by atoms with Gasteiger partial charge in [0.1, 0.15) is 12.4 Å². The topological polar surface area (TPSA) is 89.3 Å². The van der Waals surface area contributed by atoms with Crippen LogP contribution in [0.5, 0.6) is 5.75 Å². The highest BCUT2D eigenvalue weighted by atomic mass is 16.5. The van der Waals surface area contributed by atoms with Gasteiger partial charge in [-0.15, -0.1) is 0 Å². The first-order valence-corrected chi connectivity index (χ1v) is 10.5. The third-order valence-corrected chi connectivity index (χ3v) is 6.19. The molecule has 4 N–H and O–H groups in total. The third-order valence-electron chi connectivity index (χ3n) is 6.19. The second-order valence-electron chi connectivity index (χ2n) is 8.40. The Morgan fingerprint density at radius 3 is 2.87 bits per heavy atom. The Morgan fingerprint density at radius 2 is 2.13 bits per heavy atom. The number of aromatic nitrogens is 1. The van der Waals surface area contributed by atoms with Crippen LogP contribution in [0, 0.1) is 6.92 Å². The zero-order valence-electron chi connectivity index (χ0n) is 17.1. The van der Waals surface area contributed by atoms with Gasteiger partial charge in [-0.3, -0.25) is 9.78 Å². The number of nitrogens with zero attached hydrogens (tertiary/aromatic N) is 1. The molecule has 1 saturated heterocycles. The van der Waals surface area contributed by atoms with Gasteiger partial charge in [-0.1, -0.05) is 12.1 Å². The van der Waals surface area contributed by atoms with Gasteiger partial charge in [-0.05, 0) is 74.2 Å². The predicted octanol–water partition coefficient (Wildman–Crippen LogP) is 3.29. The van der Waals surface area contributed by atoms with Gasteiger partial charge in [0.25, 0.3) is 5.91 Å². The lowest BCUT2D eigenvalue weighted by Gasteiger charge is -2.27. The molecular weight excluding hydrogens is 376 g/mol. The summed E-state index contributed by atoms with van der Waals surface area (Å²) in [6.07, 6.45) is 4.66. The molecule has 0 spiro atoms. The Bertz CT molecular complexity index is 1120. The van der Waals surface area contributed by atoms with E-state index in [4.69, 9.17) is 10.5 Å². The predicted molar refractivity (Wildman–Crippen MR) is 118 cm³/mol. The standard InChI is InChI=1S/C24H26N4O2/c1-15-4-5-18(30-14-17-6-10-26-17)13-20(15)23(29)28-24(7-8-24)21-11-16(25)12-22-19(21)3-2-9-27-22/h2-5,9,11-13,17,26H,6-8,10,14,25H2,1H3,(H,28,29). The van der Waals surface area contributed by atoms with Crippen molar-refractivity contribution in [3.63, 3.8) is 0 Å². The van der Waals surface area contributed by atoms with Crippen molar-refractivity contribution in [1.82, 2.24) is 15.6 Å². The molecule has 0 bridgehead atoms. The first-order valence-electron chi connectivity index (χ1n) is 10.5. The zero-order chi connectivity index (χ0) is 20.7. The number of amides is 1. The van der Waals surface area contributed by atoms with Crippen molar-refractivity contribution in [2.24, 2.45) is 0 Å². The van der Waals surface area contributed by atoms with E-state index in [-0.39, 0.29) is 5.91 Å². The first kappa shape index (κ1) is 18.9. The molecule has 5 rings (SSSR count). The van der Waals surface area contributed by atoms with E-state index in [1.165, 1.54) is 0 Å².